The maximum atomic E-state index is 13.2. The van der Waals surface area contributed by atoms with E-state index < -0.39 is 15.9 Å². The van der Waals surface area contributed by atoms with E-state index in [0.29, 0.717) is 22.5 Å². The zero-order valence-corrected chi connectivity index (χ0v) is 16.4. The van der Waals surface area contributed by atoms with Gasteiger partial charge in [0.1, 0.15) is 5.82 Å². The van der Waals surface area contributed by atoms with Gasteiger partial charge in [0, 0.05) is 11.8 Å². The SMILES string of the molecule is Cc1ccc(NC(=O)/C=C\c2cccc(F)c2)cc1NS(=O)(=O)c1ccccc1. The summed E-state index contributed by atoms with van der Waals surface area (Å²) in [6, 6.07) is 18.8. The van der Waals surface area contributed by atoms with Crippen LogP contribution in [0.1, 0.15) is 11.1 Å². The number of amides is 1. The lowest BCUT2D eigenvalue weighted by molar-refractivity contribution is -0.111. The molecule has 3 aromatic carbocycles. The van der Waals surface area contributed by atoms with Gasteiger partial charge in [-0.2, -0.15) is 0 Å². The molecule has 0 radical (unpaired) electrons. The molecule has 0 heterocycles. The molecule has 0 bridgehead atoms. The fourth-order valence-electron chi connectivity index (χ4n) is 2.58. The molecule has 0 fully saturated rings. The summed E-state index contributed by atoms with van der Waals surface area (Å²) in [6.07, 6.45) is 2.77. The Morgan fingerprint density at radius 1 is 0.966 bits per heavy atom. The third-order valence-electron chi connectivity index (χ3n) is 4.08. The Morgan fingerprint density at radius 3 is 2.45 bits per heavy atom. The van der Waals surface area contributed by atoms with Crippen LogP contribution in [-0.2, 0) is 14.8 Å². The number of sulfonamides is 1. The van der Waals surface area contributed by atoms with Crippen molar-refractivity contribution in [1.29, 1.82) is 0 Å². The van der Waals surface area contributed by atoms with Crippen LogP contribution in [0.15, 0.2) is 83.8 Å². The van der Waals surface area contributed by atoms with Gasteiger partial charge in [-0.15, -0.1) is 0 Å². The van der Waals surface area contributed by atoms with E-state index in [2.05, 4.69) is 10.0 Å². The Hall–Kier alpha value is -3.45. The van der Waals surface area contributed by atoms with Crippen molar-refractivity contribution in [3.05, 3.63) is 95.8 Å². The molecule has 0 aromatic heterocycles. The summed E-state index contributed by atoms with van der Waals surface area (Å²) < 4.78 is 40.8. The number of aryl methyl sites for hydroxylation is 1. The van der Waals surface area contributed by atoms with Gasteiger partial charge in [0.2, 0.25) is 5.91 Å². The van der Waals surface area contributed by atoms with Crippen LogP contribution >= 0.6 is 0 Å². The molecule has 0 spiro atoms. The Balaban J connectivity index is 1.74. The van der Waals surface area contributed by atoms with Gasteiger partial charge in [0.25, 0.3) is 10.0 Å². The minimum Gasteiger partial charge on any atom is -0.322 e. The maximum absolute atomic E-state index is 13.2. The smallest absolute Gasteiger partial charge is 0.261 e. The molecule has 1 amide bonds. The molecule has 0 saturated carbocycles. The van der Waals surface area contributed by atoms with Crippen molar-refractivity contribution in [2.75, 3.05) is 10.0 Å². The van der Waals surface area contributed by atoms with E-state index in [1.807, 2.05) is 0 Å². The van der Waals surface area contributed by atoms with Crippen molar-refractivity contribution >= 4 is 33.4 Å². The van der Waals surface area contributed by atoms with Gasteiger partial charge < -0.3 is 5.32 Å². The highest BCUT2D eigenvalue weighted by Crippen LogP contribution is 2.23. The first-order valence-electron chi connectivity index (χ1n) is 8.77. The number of hydrogen-bond donors (Lipinski definition) is 2. The third kappa shape index (κ3) is 5.52. The van der Waals surface area contributed by atoms with Crippen molar-refractivity contribution in [2.24, 2.45) is 0 Å². The Labute approximate surface area is 169 Å². The van der Waals surface area contributed by atoms with Crippen LogP contribution in [0.3, 0.4) is 0 Å². The fraction of sp³-hybridized carbons (Fsp3) is 0.0455. The summed E-state index contributed by atoms with van der Waals surface area (Å²) in [5.41, 5.74) is 2.05. The van der Waals surface area contributed by atoms with Crippen molar-refractivity contribution in [3.8, 4) is 0 Å². The predicted molar refractivity (Wildman–Crippen MR) is 112 cm³/mol. The number of carbonyl (C=O) groups excluding carboxylic acids is 1. The summed E-state index contributed by atoms with van der Waals surface area (Å²) in [4.78, 5) is 12.3. The standard InChI is InChI=1S/C22H19FN2O3S/c1-16-10-12-19(24-22(26)13-11-17-6-5-7-18(23)14-17)15-21(16)25-29(27,28)20-8-3-2-4-9-20/h2-15,25H,1H3,(H,24,26)/b13-11-. The van der Waals surface area contributed by atoms with Crippen LogP contribution in [0.4, 0.5) is 15.8 Å². The number of anilines is 2. The molecule has 5 nitrogen and oxygen atoms in total. The highest BCUT2D eigenvalue weighted by Gasteiger charge is 2.15. The number of rotatable bonds is 6. The molecular formula is C22H19FN2O3S. The Morgan fingerprint density at radius 2 is 1.72 bits per heavy atom. The summed E-state index contributed by atoms with van der Waals surface area (Å²) in [5.74, 6) is -0.809. The first-order valence-corrected chi connectivity index (χ1v) is 10.2. The van der Waals surface area contributed by atoms with Gasteiger partial charge >= 0.3 is 0 Å². The van der Waals surface area contributed by atoms with Crippen LogP contribution in [0, 0.1) is 12.7 Å². The maximum Gasteiger partial charge on any atom is 0.261 e. The van der Waals surface area contributed by atoms with E-state index in [1.54, 1.807) is 55.5 Å². The van der Waals surface area contributed by atoms with Gasteiger partial charge in [0.15, 0.2) is 0 Å². The van der Waals surface area contributed by atoms with Crippen molar-refractivity contribution in [2.45, 2.75) is 11.8 Å². The van der Waals surface area contributed by atoms with E-state index in [4.69, 9.17) is 0 Å². The minimum absolute atomic E-state index is 0.145. The van der Waals surface area contributed by atoms with E-state index in [1.165, 1.54) is 36.4 Å². The first kappa shape index (κ1) is 20.3. The third-order valence-corrected chi connectivity index (χ3v) is 5.46. The van der Waals surface area contributed by atoms with Crippen LogP contribution in [0.25, 0.3) is 6.08 Å². The number of hydrogen-bond acceptors (Lipinski definition) is 3. The molecular weight excluding hydrogens is 391 g/mol. The molecule has 0 unspecified atom stereocenters. The summed E-state index contributed by atoms with van der Waals surface area (Å²) in [5, 5.41) is 2.67. The van der Waals surface area contributed by atoms with Crippen LogP contribution in [0.5, 0.6) is 0 Å². The Kier molecular flexibility index (Phi) is 6.09. The molecule has 7 heteroatoms. The van der Waals surface area contributed by atoms with E-state index in [9.17, 15) is 17.6 Å². The molecule has 29 heavy (non-hydrogen) atoms. The largest absolute Gasteiger partial charge is 0.322 e. The minimum atomic E-state index is -3.74. The second-order valence-corrected chi connectivity index (χ2v) is 8.01. The summed E-state index contributed by atoms with van der Waals surface area (Å²) in [6.45, 7) is 1.76. The first-order chi connectivity index (χ1) is 13.8. The van der Waals surface area contributed by atoms with Gasteiger partial charge in [-0.25, -0.2) is 12.8 Å². The van der Waals surface area contributed by atoms with Gasteiger partial charge in [0.05, 0.1) is 10.6 Å². The zero-order chi connectivity index (χ0) is 20.9. The van der Waals surface area contributed by atoms with Crippen molar-refractivity contribution in [1.82, 2.24) is 0 Å². The van der Waals surface area contributed by atoms with Crippen LogP contribution in [-0.4, -0.2) is 14.3 Å². The molecule has 0 saturated heterocycles. The zero-order valence-electron chi connectivity index (χ0n) is 15.6. The molecule has 3 rings (SSSR count). The topological polar surface area (TPSA) is 75.3 Å². The van der Waals surface area contributed by atoms with Crippen molar-refractivity contribution < 1.29 is 17.6 Å². The number of carbonyl (C=O) groups is 1. The van der Waals surface area contributed by atoms with E-state index in [0.717, 1.165) is 0 Å². The lowest BCUT2D eigenvalue weighted by atomic mass is 10.2. The second-order valence-electron chi connectivity index (χ2n) is 6.33. The monoisotopic (exact) mass is 410 g/mol. The lowest BCUT2D eigenvalue weighted by Gasteiger charge is -2.12. The number of nitrogens with one attached hydrogen (secondary N) is 2. The van der Waals surface area contributed by atoms with Crippen LogP contribution in [0.2, 0.25) is 0 Å². The quantitative estimate of drug-likeness (QED) is 0.584. The normalized spacial score (nSPS) is 11.4. The number of halogens is 1. The summed E-state index contributed by atoms with van der Waals surface area (Å²) in [7, 11) is -3.74. The van der Waals surface area contributed by atoms with Gasteiger partial charge in [-0.3, -0.25) is 9.52 Å². The molecule has 0 aliphatic rings. The average molecular weight is 410 g/mol. The van der Waals surface area contributed by atoms with Gasteiger partial charge in [-0.05, 0) is 60.5 Å². The highest BCUT2D eigenvalue weighted by molar-refractivity contribution is 7.92. The van der Waals surface area contributed by atoms with Crippen LogP contribution < -0.4 is 10.0 Å². The average Bonchev–Trinajstić information content (AvgIpc) is 2.69. The molecule has 0 aliphatic heterocycles. The molecule has 148 valence electrons. The summed E-state index contributed by atoms with van der Waals surface area (Å²) >= 11 is 0. The highest BCUT2D eigenvalue weighted by atomic mass is 32.2. The second kappa shape index (κ2) is 8.70. The van der Waals surface area contributed by atoms with Crippen molar-refractivity contribution in [3.63, 3.8) is 0 Å². The molecule has 0 atom stereocenters. The molecule has 0 aliphatic carbocycles. The van der Waals surface area contributed by atoms with Gasteiger partial charge in [-0.1, -0.05) is 36.4 Å². The van der Waals surface area contributed by atoms with E-state index in [-0.39, 0.29) is 10.7 Å². The number of benzene rings is 3. The fourth-order valence-corrected chi connectivity index (χ4v) is 3.72. The molecule has 2 N–H and O–H groups in total. The lowest BCUT2D eigenvalue weighted by Crippen LogP contribution is -2.14. The Bertz CT molecular complexity index is 1160. The predicted octanol–water partition coefficient (Wildman–Crippen LogP) is 4.59. The molecule has 3 aromatic rings. The van der Waals surface area contributed by atoms with E-state index >= 15 is 0 Å².